The molecule has 1 fully saturated rings. The zero-order valence-corrected chi connectivity index (χ0v) is 9.52. The van der Waals surface area contributed by atoms with Crippen LogP contribution < -0.4 is 0 Å². The zero-order chi connectivity index (χ0) is 11.3. The molecule has 0 aromatic heterocycles. The second-order valence-corrected chi connectivity index (χ2v) is 3.78. The molecule has 0 saturated carbocycles. The summed E-state index contributed by atoms with van der Waals surface area (Å²) in [6.45, 7) is 8.89. The van der Waals surface area contributed by atoms with Crippen LogP contribution in [0.1, 0.15) is 0 Å². The minimum Gasteiger partial charge on any atom is -0.384 e. The first kappa shape index (κ1) is 12.4. The maximum absolute atomic E-state index is 5.79. The smallest absolute Gasteiger partial charge is 0.0816 e. The Kier molecular flexibility index (Phi) is 5.02. The van der Waals surface area contributed by atoms with Crippen LogP contribution in [0.25, 0.3) is 0 Å². The van der Waals surface area contributed by atoms with Crippen molar-refractivity contribution < 1.29 is 14.2 Å². The third-order valence-electron chi connectivity index (χ3n) is 2.89. The molecule has 1 heterocycles. The Morgan fingerprint density at radius 1 is 1.00 bits per heavy atom. The molecule has 0 radical (unpaired) electrons. The van der Waals surface area contributed by atoms with Crippen molar-refractivity contribution in [2.24, 2.45) is 11.8 Å². The quantitative estimate of drug-likeness (QED) is 0.627. The van der Waals surface area contributed by atoms with E-state index >= 15 is 0 Å². The fraction of sp³-hybridized carbons (Fsp3) is 0.667. The van der Waals surface area contributed by atoms with Crippen LogP contribution in [0.3, 0.4) is 0 Å². The summed E-state index contributed by atoms with van der Waals surface area (Å²) in [5.74, 6) is 0.603. The van der Waals surface area contributed by atoms with E-state index in [4.69, 9.17) is 14.2 Å². The van der Waals surface area contributed by atoms with Gasteiger partial charge in [0.2, 0.25) is 0 Å². The molecule has 1 saturated heterocycles. The standard InChI is InChI=1S/C12H20O3/c1-5-11-9(7-13-3)10(8-14-4)12(6-2)15-11/h5-6,9-12H,1-2,7-8H2,3-4H3. The van der Waals surface area contributed by atoms with Gasteiger partial charge in [0.05, 0.1) is 25.4 Å². The minimum atomic E-state index is 0.0353. The molecule has 3 heteroatoms. The highest BCUT2D eigenvalue weighted by atomic mass is 16.5. The Morgan fingerprint density at radius 2 is 1.40 bits per heavy atom. The lowest BCUT2D eigenvalue weighted by Crippen LogP contribution is -2.28. The maximum Gasteiger partial charge on any atom is 0.0816 e. The summed E-state index contributed by atoms with van der Waals surface area (Å²) in [5, 5.41) is 0. The topological polar surface area (TPSA) is 27.7 Å². The molecular formula is C12H20O3. The van der Waals surface area contributed by atoms with E-state index in [9.17, 15) is 0 Å². The van der Waals surface area contributed by atoms with E-state index in [1.165, 1.54) is 0 Å². The number of hydrogen-bond acceptors (Lipinski definition) is 3. The molecule has 0 aromatic carbocycles. The average Bonchev–Trinajstić information content (AvgIpc) is 2.58. The van der Waals surface area contributed by atoms with Gasteiger partial charge in [0.15, 0.2) is 0 Å². The average molecular weight is 212 g/mol. The van der Waals surface area contributed by atoms with Gasteiger partial charge >= 0.3 is 0 Å². The Labute approximate surface area is 91.7 Å². The van der Waals surface area contributed by atoms with Crippen molar-refractivity contribution in [3.05, 3.63) is 25.3 Å². The van der Waals surface area contributed by atoms with Gasteiger partial charge in [-0.3, -0.25) is 0 Å². The van der Waals surface area contributed by atoms with Gasteiger partial charge < -0.3 is 14.2 Å². The second kappa shape index (κ2) is 6.05. The molecule has 0 amide bonds. The van der Waals surface area contributed by atoms with Crippen molar-refractivity contribution in [1.29, 1.82) is 0 Å². The molecule has 0 N–H and O–H groups in total. The second-order valence-electron chi connectivity index (χ2n) is 3.78. The Bertz CT molecular complexity index is 193. The summed E-state index contributed by atoms with van der Waals surface area (Å²) in [6.07, 6.45) is 3.73. The first-order valence-electron chi connectivity index (χ1n) is 5.16. The molecule has 3 nitrogen and oxygen atoms in total. The summed E-state index contributed by atoms with van der Waals surface area (Å²) in [5.41, 5.74) is 0. The molecule has 1 rings (SSSR count). The van der Waals surface area contributed by atoms with Crippen LogP contribution in [0.2, 0.25) is 0 Å². The van der Waals surface area contributed by atoms with Crippen molar-refractivity contribution in [2.45, 2.75) is 12.2 Å². The molecule has 1 aliphatic rings. The molecule has 0 aromatic rings. The van der Waals surface area contributed by atoms with Crippen LogP contribution in [0.15, 0.2) is 25.3 Å². The van der Waals surface area contributed by atoms with E-state index in [0.29, 0.717) is 25.0 Å². The summed E-state index contributed by atoms with van der Waals surface area (Å²) < 4.78 is 16.2. The highest BCUT2D eigenvalue weighted by Crippen LogP contribution is 2.34. The van der Waals surface area contributed by atoms with Crippen molar-refractivity contribution in [2.75, 3.05) is 27.4 Å². The van der Waals surface area contributed by atoms with Gasteiger partial charge in [0, 0.05) is 26.1 Å². The number of rotatable bonds is 6. The first-order valence-corrected chi connectivity index (χ1v) is 5.16. The van der Waals surface area contributed by atoms with Gasteiger partial charge in [0.1, 0.15) is 0 Å². The molecule has 4 atom stereocenters. The summed E-state index contributed by atoms with van der Waals surface area (Å²) in [7, 11) is 3.40. The molecule has 0 bridgehead atoms. The summed E-state index contributed by atoms with van der Waals surface area (Å²) >= 11 is 0. The van der Waals surface area contributed by atoms with Gasteiger partial charge in [0.25, 0.3) is 0 Å². The van der Waals surface area contributed by atoms with Crippen LogP contribution in [0, 0.1) is 11.8 Å². The largest absolute Gasteiger partial charge is 0.384 e. The normalized spacial score (nSPS) is 35.3. The number of ether oxygens (including phenoxy) is 3. The van der Waals surface area contributed by atoms with E-state index in [1.54, 1.807) is 14.2 Å². The van der Waals surface area contributed by atoms with Crippen LogP contribution in [0.4, 0.5) is 0 Å². The van der Waals surface area contributed by atoms with Gasteiger partial charge in [-0.2, -0.15) is 0 Å². The van der Waals surface area contributed by atoms with Crippen molar-refractivity contribution in [3.8, 4) is 0 Å². The van der Waals surface area contributed by atoms with Gasteiger partial charge in [-0.05, 0) is 0 Å². The van der Waals surface area contributed by atoms with E-state index in [-0.39, 0.29) is 12.2 Å². The lowest BCUT2D eigenvalue weighted by atomic mass is 9.88. The van der Waals surface area contributed by atoms with Gasteiger partial charge in [-0.25, -0.2) is 0 Å². The van der Waals surface area contributed by atoms with E-state index < -0.39 is 0 Å². The highest BCUT2D eigenvalue weighted by Gasteiger charge is 2.41. The summed E-state index contributed by atoms with van der Waals surface area (Å²) in [4.78, 5) is 0. The third-order valence-corrected chi connectivity index (χ3v) is 2.89. The molecule has 0 spiro atoms. The number of methoxy groups -OCH3 is 2. The predicted octanol–water partition coefficient (Wildman–Crippen LogP) is 1.65. The van der Waals surface area contributed by atoms with Crippen molar-refractivity contribution in [1.82, 2.24) is 0 Å². The fourth-order valence-corrected chi connectivity index (χ4v) is 2.15. The first-order chi connectivity index (χ1) is 7.28. The molecule has 15 heavy (non-hydrogen) atoms. The fourth-order valence-electron chi connectivity index (χ4n) is 2.15. The van der Waals surface area contributed by atoms with Crippen molar-refractivity contribution >= 4 is 0 Å². The molecule has 1 aliphatic heterocycles. The third kappa shape index (κ3) is 2.68. The molecule has 0 aliphatic carbocycles. The molecular weight excluding hydrogens is 192 g/mol. The highest BCUT2D eigenvalue weighted by molar-refractivity contribution is 5.03. The Morgan fingerprint density at radius 3 is 1.67 bits per heavy atom. The molecule has 4 unspecified atom stereocenters. The van der Waals surface area contributed by atoms with E-state index in [2.05, 4.69) is 13.2 Å². The summed E-state index contributed by atoms with van der Waals surface area (Å²) in [6, 6.07) is 0. The van der Waals surface area contributed by atoms with Crippen molar-refractivity contribution in [3.63, 3.8) is 0 Å². The Balaban J connectivity index is 2.74. The lowest BCUT2D eigenvalue weighted by molar-refractivity contribution is 0.0663. The van der Waals surface area contributed by atoms with Gasteiger partial charge in [-0.1, -0.05) is 12.2 Å². The van der Waals surface area contributed by atoms with Crippen LogP contribution in [-0.2, 0) is 14.2 Å². The minimum absolute atomic E-state index is 0.0353. The number of hydrogen-bond donors (Lipinski definition) is 0. The van der Waals surface area contributed by atoms with E-state index in [0.717, 1.165) is 0 Å². The predicted molar refractivity (Wildman–Crippen MR) is 59.8 cm³/mol. The van der Waals surface area contributed by atoms with E-state index in [1.807, 2.05) is 12.2 Å². The van der Waals surface area contributed by atoms with Gasteiger partial charge in [-0.15, -0.1) is 13.2 Å². The monoisotopic (exact) mass is 212 g/mol. The lowest BCUT2D eigenvalue weighted by Gasteiger charge is -2.20. The maximum atomic E-state index is 5.79. The van der Waals surface area contributed by atoms with Crippen LogP contribution in [-0.4, -0.2) is 39.6 Å². The van der Waals surface area contributed by atoms with Crippen LogP contribution in [0.5, 0.6) is 0 Å². The Hall–Kier alpha value is -0.640. The van der Waals surface area contributed by atoms with Crippen LogP contribution >= 0.6 is 0 Å². The zero-order valence-electron chi connectivity index (χ0n) is 9.52. The molecule has 86 valence electrons. The SMILES string of the molecule is C=CC1OC(C=C)C(COC)C1COC.